The van der Waals surface area contributed by atoms with Gasteiger partial charge in [-0.05, 0) is 11.6 Å². The number of anilines is 1. The molecule has 1 aromatic heterocycles. The molecule has 0 fully saturated rings. The van der Waals surface area contributed by atoms with Gasteiger partial charge in [-0.2, -0.15) is 5.10 Å². The van der Waals surface area contributed by atoms with E-state index in [0.717, 1.165) is 0 Å². The lowest BCUT2D eigenvalue weighted by Crippen LogP contribution is -2.13. The summed E-state index contributed by atoms with van der Waals surface area (Å²) < 4.78 is 1.46. The Bertz CT molecular complexity index is 355. The monoisotopic (exact) mass is 224 g/mol. The number of rotatable bonds is 7. The van der Waals surface area contributed by atoms with Gasteiger partial charge in [0.15, 0.2) is 11.5 Å². The Kier molecular flexibility index (Phi) is 4.94. The summed E-state index contributed by atoms with van der Waals surface area (Å²) in [6, 6.07) is 0. The number of aliphatic hydroxyl groups is 2. The average Bonchev–Trinajstić information content (AvgIpc) is 2.59. The van der Waals surface area contributed by atoms with Gasteiger partial charge in [0.05, 0.1) is 6.61 Å². The van der Waals surface area contributed by atoms with Crippen LogP contribution < -0.4 is 10.9 Å². The third-order valence-corrected chi connectivity index (χ3v) is 1.98. The van der Waals surface area contributed by atoms with Gasteiger partial charge in [-0.1, -0.05) is 0 Å². The van der Waals surface area contributed by atoms with Crippen molar-refractivity contribution in [3.8, 4) is 0 Å². The smallest absolute Gasteiger partial charge is 0.162 e. The van der Waals surface area contributed by atoms with Crippen LogP contribution in [-0.2, 0) is 6.54 Å². The summed E-state index contributed by atoms with van der Waals surface area (Å²) in [5.74, 6) is 0.370. The minimum Gasteiger partial charge on any atom is -0.396 e. The zero-order valence-electron chi connectivity index (χ0n) is 8.76. The molecule has 0 bridgehead atoms. The minimum atomic E-state index is -0.0800. The minimum absolute atomic E-state index is 0.0169. The van der Waals surface area contributed by atoms with Crippen molar-refractivity contribution < 1.29 is 10.2 Å². The molecule has 0 unspecified atom stereocenters. The van der Waals surface area contributed by atoms with Gasteiger partial charge in [0.2, 0.25) is 0 Å². The molecule has 0 spiro atoms. The van der Waals surface area contributed by atoms with Crippen LogP contribution in [0.5, 0.6) is 0 Å². The SMILES string of the molecule is [B]c1nn(CCCO)c(NCCO)c1N=O. The Balaban J connectivity index is 2.91. The van der Waals surface area contributed by atoms with E-state index in [-0.39, 0.29) is 31.0 Å². The molecular weight excluding hydrogens is 211 g/mol. The fourth-order valence-electron chi connectivity index (χ4n) is 1.29. The zero-order valence-corrected chi connectivity index (χ0v) is 8.76. The lowest BCUT2D eigenvalue weighted by Gasteiger charge is -2.08. The number of hydrogen-bond donors (Lipinski definition) is 3. The number of nitrogens with one attached hydrogen (secondary N) is 1. The Labute approximate surface area is 93.8 Å². The number of hydrogen-bond acceptors (Lipinski definition) is 6. The zero-order chi connectivity index (χ0) is 12.0. The summed E-state index contributed by atoms with van der Waals surface area (Å²) in [4.78, 5) is 10.6. The lowest BCUT2D eigenvalue weighted by atomic mass is 10.0. The highest BCUT2D eigenvalue weighted by molar-refractivity contribution is 6.34. The molecule has 1 rings (SSSR count). The van der Waals surface area contributed by atoms with Crippen molar-refractivity contribution in [3.63, 3.8) is 0 Å². The second kappa shape index (κ2) is 6.24. The van der Waals surface area contributed by atoms with Crippen LogP contribution in [0.15, 0.2) is 5.18 Å². The molecule has 8 heteroatoms. The highest BCUT2D eigenvalue weighted by Gasteiger charge is 2.14. The predicted octanol–water partition coefficient (Wildman–Crippen LogP) is -1.14. The molecular formula is C8H13BN4O3. The van der Waals surface area contributed by atoms with Crippen LogP contribution in [0.4, 0.5) is 11.5 Å². The summed E-state index contributed by atoms with van der Waals surface area (Å²) >= 11 is 0. The molecule has 0 atom stereocenters. The van der Waals surface area contributed by atoms with Gasteiger partial charge in [-0.25, -0.2) is 4.68 Å². The lowest BCUT2D eigenvalue weighted by molar-refractivity contribution is 0.277. The van der Waals surface area contributed by atoms with E-state index < -0.39 is 0 Å². The van der Waals surface area contributed by atoms with Crippen molar-refractivity contribution in [3.05, 3.63) is 4.91 Å². The van der Waals surface area contributed by atoms with Crippen molar-refractivity contribution in [2.24, 2.45) is 5.18 Å². The topological polar surface area (TPSA) is 99.7 Å². The van der Waals surface area contributed by atoms with Crippen molar-refractivity contribution in [2.75, 3.05) is 25.1 Å². The molecule has 7 nitrogen and oxygen atoms in total. The first-order valence-electron chi connectivity index (χ1n) is 4.89. The van der Waals surface area contributed by atoms with Crippen LogP contribution in [0.3, 0.4) is 0 Å². The third-order valence-electron chi connectivity index (χ3n) is 1.98. The van der Waals surface area contributed by atoms with Crippen LogP contribution in [0, 0.1) is 4.91 Å². The molecule has 2 radical (unpaired) electrons. The fraction of sp³-hybridized carbons (Fsp3) is 0.625. The second-order valence-corrected chi connectivity index (χ2v) is 3.12. The largest absolute Gasteiger partial charge is 0.396 e. The first-order valence-corrected chi connectivity index (χ1v) is 4.89. The number of nitrogens with zero attached hydrogens (tertiary/aromatic N) is 3. The van der Waals surface area contributed by atoms with E-state index in [4.69, 9.17) is 18.1 Å². The highest BCUT2D eigenvalue weighted by atomic mass is 16.3. The van der Waals surface area contributed by atoms with Gasteiger partial charge in [0, 0.05) is 25.3 Å². The molecule has 16 heavy (non-hydrogen) atoms. The summed E-state index contributed by atoms with van der Waals surface area (Å²) in [5, 5.41) is 26.9. The van der Waals surface area contributed by atoms with E-state index in [1.165, 1.54) is 4.68 Å². The molecule has 1 aromatic rings. The van der Waals surface area contributed by atoms with E-state index in [0.29, 0.717) is 18.8 Å². The van der Waals surface area contributed by atoms with E-state index in [1.54, 1.807) is 0 Å². The van der Waals surface area contributed by atoms with Gasteiger partial charge in [-0.3, -0.25) is 0 Å². The average molecular weight is 224 g/mol. The molecule has 86 valence electrons. The summed E-state index contributed by atoms with van der Waals surface area (Å²) in [6.45, 7) is 0.628. The second-order valence-electron chi connectivity index (χ2n) is 3.12. The molecule has 1 heterocycles. The number of nitroso groups, excluding NO2 is 1. The number of aromatic nitrogens is 2. The summed E-state index contributed by atoms with van der Waals surface area (Å²) in [7, 11) is 5.51. The Morgan fingerprint density at radius 3 is 2.75 bits per heavy atom. The maximum absolute atomic E-state index is 10.6. The molecule has 0 aliphatic heterocycles. The summed E-state index contributed by atoms with van der Waals surface area (Å²) in [5.41, 5.74) is 0.0692. The number of aryl methyl sites for hydroxylation is 1. The van der Waals surface area contributed by atoms with Crippen molar-refractivity contribution in [1.29, 1.82) is 0 Å². The van der Waals surface area contributed by atoms with Gasteiger partial charge >= 0.3 is 0 Å². The van der Waals surface area contributed by atoms with Crippen LogP contribution in [0.25, 0.3) is 0 Å². The first-order chi connectivity index (χ1) is 7.74. The normalized spacial score (nSPS) is 10.4. The fourth-order valence-corrected chi connectivity index (χ4v) is 1.29. The summed E-state index contributed by atoms with van der Waals surface area (Å²) in [6.07, 6.45) is 0.493. The molecule has 0 aliphatic carbocycles. The van der Waals surface area contributed by atoms with Gasteiger partial charge < -0.3 is 15.5 Å². The third kappa shape index (κ3) is 2.80. The van der Waals surface area contributed by atoms with Crippen LogP contribution in [-0.4, -0.2) is 47.6 Å². The quantitative estimate of drug-likeness (QED) is 0.401. The van der Waals surface area contributed by atoms with Gasteiger partial charge in [-0.15, -0.1) is 4.91 Å². The maximum atomic E-state index is 10.6. The van der Waals surface area contributed by atoms with Gasteiger partial charge in [0.1, 0.15) is 7.85 Å². The maximum Gasteiger partial charge on any atom is 0.162 e. The highest BCUT2D eigenvalue weighted by Crippen LogP contribution is 2.21. The van der Waals surface area contributed by atoms with Gasteiger partial charge in [0.25, 0.3) is 0 Å². The van der Waals surface area contributed by atoms with E-state index >= 15 is 0 Å². The van der Waals surface area contributed by atoms with E-state index in [2.05, 4.69) is 15.6 Å². The Hall–Kier alpha value is -1.41. The predicted molar refractivity (Wildman–Crippen MR) is 60.3 cm³/mol. The molecule has 0 saturated heterocycles. The number of aliphatic hydroxyl groups excluding tert-OH is 2. The van der Waals surface area contributed by atoms with Crippen LogP contribution >= 0.6 is 0 Å². The van der Waals surface area contributed by atoms with Crippen molar-refractivity contribution >= 4 is 24.9 Å². The van der Waals surface area contributed by atoms with E-state index in [1.807, 2.05) is 0 Å². The van der Waals surface area contributed by atoms with E-state index in [9.17, 15) is 4.91 Å². The molecule has 0 aromatic carbocycles. The van der Waals surface area contributed by atoms with Crippen molar-refractivity contribution in [2.45, 2.75) is 13.0 Å². The molecule has 0 aliphatic rings. The molecule has 0 saturated carbocycles. The molecule has 0 amide bonds. The Morgan fingerprint density at radius 2 is 2.19 bits per heavy atom. The van der Waals surface area contributed by atoms with Crippen LogP contribution in [0.1, 0.15) is 6.42 Å². The Morgan fingerprint density at radius 1 is 1.44 bits per heavy atom. The first kappa shape index (κ1) is 12.7. The standard InChI is InChI=1S/C8H13BN4O3/c9-7-6(12-16)8(10-2-5-15)13(11-7)3-1-4-14/h10,14-15H,1-5H2. The van der Waals surface area contributed by atoms with Crippen molar-refractivity contribution in [1.82, 2.24) is 9.78 Å². The molecule has 3 N–H and O–H groups in total. The van der Waals surface area contributed by atoms with Crippen LogP contribution in [0.2, 0.25) is 0 Å².